The number of aliphatic hydroxyl groups is 1. The van der Waals surface area contributed by atoms with E-state index in [4.69, 9.17) is 4.74 Å². The van der Waals surface area contributed by atoms with Crippen LogP contribution in [-0.2, 0) is 32.6 Å². The molecule has 63 heavy (non-hydrogen) atoms. The average molecular weight is 883 g/mol. The lowest BCUT2D eigenvalue weighted by molar-refractivity contribution is -0.133. The lowest BCUT2D eigenvalue weighted by atomic mass is 9.99. The Kier molecular flexibility index (Phi) is 18.1. The maximum absolute atomic E-state index is 14.3. The van der Waals surface area contributed by atoms with Gasteiger partial charge in [0.1, 0.15) is 5.75 Å². The zero-order valence-corrected chi connectivity index (χ0v) is 37.6. The van der Waals surface area contributed by atoms with Crippen LogP contribution in [0.2, 0.25) is 0 Å². The van der Waals surface area contributed by atoms with Gasteiger partial charge in [0, 0.05) is 57.2 Å². The molecule has 338 valence electrons. The molecule has 0 aliphatic carbocycles. The fraction of sp³-hybridized carbons (Fsp3) is 0.417. The van der Waals surface area contributed by atoms with Crippen LogP contribution >= 0.6 is 0 Å². The Morgan fingerprint density at radius 1 is 0.810 bits per heavy atom. The molecular formula is C48H62N6O8S. The van der Waals surface area contributed by atoms with Crippen LogP contribution in [-0.4, -0.2) is 112 Å². The van der Waals surface area contributed by atoms with E-state index in [0.717, 1.165) is 46.9 Å². The summed E-state index contributed by atoms with van der Waals surface area (Å²) in [4.78, 5) is 58.5. The van der Waals surface area contributed by atoms with Crippen LogP contribution in [0.5, 0.6) is 5.75 Å². The maximum atomic E-state index is 14.3. The first-order valence-electron chi connectivity index (χ1n) is 21.6. The van der Waals surface area contributed by atoms with Crippen LogP contribution < -0.4 is 25.0 Å². The van der Waals surface area contributed by atoms with Gasteiger partial charge in [-0.25, -0.2) is 8.42 Å². The highest BCUT2D eigenvalue weighted by atomic mass is 32.2. The van der Waals surface area contributed by atoms with Crippen molar-refractivity contribution in [3.63, 3.8) is 0 Å². The Bertz CT molecular complexity index is 2240. The Hall–Kier alpha value is -5.77. The monoisotopic (exact) mass is 882 g/mol. The predicted octanol–water partition coefficient (Wildman–Crippen LogP) is 5.09. The summed E-state index contributed by atoms with van der Waals surface area (Å²) in [5.74, 6) is -0.989. The summed E-state index contributed by atoms with van der Waals surface area (Å²) in [6.07, 6.45) is 4.03. The van der Waals surface area contributed by atoms with Crippen molar-refractivity contribution in [2.45, 2.75) is 76.6 Å². The highest BCUT2D eigenvalue weighted by Gasteiger charge is 2.28. The first-order chi connectivity index (χ1) is 30.2. The van der Waals surface area contributed by atoms with Crippen LogP contribution in [0, 0.1) is 0 Å². The third-order valence-corrected chi connectivity index (χ3v) is 12.5. The van der Waals surface area contributed by atoms with Crippen molar-refractivity contribution in [3.8, 4) is 5.75 Å². The van der Waals surface area contributed by atoms with E-state index < -0.39 is 40.0 Å². The molecule has 0 radical (unpaired) electrons. The summed E-state index contributed by atoms with van der Waals surface area (Å²) in [7, 11) is -0.912. The summed E-state index contributed by atoms with van der Waals surface area (Å²) in [5.41, 5.74) is 2.56. The molecular weight excluding hydrogens is 821 g/mol. The zero-order chi connectivity index (χ0) is 45.4. The molecule has 1 aliphatic rings. The summed E-state index contributed by atoms with van der Waals surface area (Å²) in [6.45, 7) is 5.21. The predicted molar refractivity (Wildman–Crippen MR) is 245 cm³/mol. The highest BCUT2D eigenvalue weighted by molar-refractivity contribution is 7.92. The fourth-order valence-electron chi connectivity index (χ4n) is 7.54. The minimum atomic E-state index is -3.80. The lowest BCUT2D eigenvalue weighted by Crippen LogP contribution is -2.50. The Labute approximate surface area is 372 Å². The van der Waals surface area contributed by atoms with Gasteiger partial charge in [0.15, 0.2) is 0 Å². The Morgan fingerprint density at radius 2 is 1.44 bits per heavy atom. The number of piperidine rings is 1. The number of carbonyl (C=O) groups is 4. The number of hydrogen-bond donors (Lipinski definition) is 4. The zero-order valence-electron chi connectivity index (χ0n) is 36.8. The van der Waals surface area contributed by atoms with Gasteiger partial charge in [0.25, 0.3) is 11.8 Å². The van der Waals surface area contributed by atoms with Crippen molar-refractivity contribution >= 4 is 39.3 Å². The molecule has 1 aliphatic heterocycles. The molecule has 14 nitrogen and oxygen atoms in total. The van der Waals surface area contributed by atoms with Crippen molar-refractivity contribution in [2.75, 3.05) is 57.4 Å². The number of sulfonamides is 1. The molecule has 1 fully saturated rings. The molecule has 0 aromatic heterocycles. The van der Waals surface area contributed by atoms with Crippen molar-refractivity contribution < 1.29 is 37.4 Å². The van der Waals surface area contributed by atoms with E-state index in [9.17, 15) is 32.7 Å². The second-order valence-electron chi connectivity index (χ2n) is 16.2. The van der Waals surface area contributed by atoms with E-state index in [1.807, 2.05) is 79.7 Å². The molecule has 3 atom stereocenters. The van der Waals surface area contributed by atoms with E-state index in [0.29, 0.717) is 18.7 Å². The van der Waals surface area contributed by atoms with Crippen LogP contribution in [0.3, 0.4) is 0 Å². The molecule has 5 rings (SSSR count). The van der Waals surface area contributed by atoms with E-state index in [-0.39, 0.29) is 61.0 Å². The van der Waals surface area contributed by atoms with E-state index >= 15 is 0 Å². The number of nitrogens with one attached hydrogen (secondary N) is 3. The van der Waals surface area contributed by atoms with E-state index in [2.05, 4.69) is 20.9 Å². The first-order valence-corrected chi connectivity index (χ1v) is 23.4. The number of rotatable bonds is 22. The van der Waals surface area contributed by atoms with Crippen LogP contribution in [0.4, 0.5) is 5.69 Å². The number of anilines is 1. The second kappa shape index (κ2) is 23.6. The van der Waals surface area contributed by atoms with Crippen LogP contribution in [0.15, 0.2) is 103 Å². The SMILES string of the molecule is COc1cccc(CN(CC(O)C(Cc2ccccc2)NC(=O)c2cc(C(=O)NC(C)c3ccccc3)cc(N(C)S(C)(=O)=O)c2)C(=O)CCCC(=O)NCCN2CCCCC2)c1. The Morgan fingerprint density at radius 3 is 2.10 bits per heavy atom. The number of likely N-dealkylation sites (tertiary alicyclic amines) is 1. The summed E-state index contributed by atoms with van der Waals surface area (Å²) in [5, 5.41) is 20.9. The van der Waals surface area contributed by atoms with E-state index in [1.165, 1.54) is 49.4 Å². The largest absolute Gasteiger partial charge is 0.497 e. The Balaban J connectivity index is 1.36. The number of carbonyl (C=O) groups excluding carboxylic acids is 4. The normalized spacial score (nSPS) is 14.4. The molecule has 0 spiro atoms. The number of nitrogens with zero attached hydrogens (tertiary/aromatic N) is 3. The van der Waals surface area contributed by atoms with Gasteiger partial charge in [-0.05, 0) is 92.7 Å². The summed E-state index contributed by atoms with van der Waals surface area (Å²) >= 11 is 0. The molecule has 4 aromatic carbocycles. The fourth-order valence-corrected chi connectivity index (χ4v) is 8.02. The van der Waals surface area contributed by atoms with Gasteiger partial charge in [-0.2, -0.15) is 0 Å². The van der Waals surface area contributed by atoms with Gasteiger partial charge in [0.2, 0.25) is 21.8 Å². The van der Waals surface area contributed by atoms with Gasteiger partial charge in [0.05, 0.1) is 37.2 Å². The quantitative estimate of drug-likeness (QED) is 0.0838. The lowest BCUT2D eigenvalue weighted by Gasteiger charge is -2.31. The molecule has 4 N–H and O–H groups in total. The molecule has 0 saturated carbocycles. The number of benzene rings is 4. The molecule has 4 amide bonds. The van der Waals surface area contributed by atoms with Gasteiger partial charge >= 0.3 is 0 Å². The number of amides is 4. The molecule has 1 saturated heterocycles. The van der Waals surface area contributed by atoms with Crippen molar-refractivity contribution in [1.29, 1.82) is 0 Å². The highest BCUT2D eigenvalue weighted by Crippen LogP contribution is 2.23. The smallest absolute Gasteiger partial charge is 0.251 e. The van der Waals surface area contributed by atoms with Gasteiger partial charge < -0.3 is 35.6 Å². The van der Waals surface area contributed by atoms with Crippen LogP contribution in [0.25, 0.3) is 0 Å². The first kappa shape index (κ1) is 48.3. The van der Waals surface area contributed by atoms with Crippen molar-refractivity contribution in [2.24, 2.45) is 0 Å². The molecule has 1 heterocycles. The molecule has 3 unspecified atom stereocenters. The summed E-state index contributed by atoms with van der Waals surface area (Å²) < 4.78 is 31.8. The molecule has 0 bridgehead atoms. The van der Waals surface area contributed by atoms with Gasteiger partial charge in [-0.3, -0.25) is 23.5 Å². The third kappa shape index (κ3) is 15.2. The summed E-state index contributed by atoms with van der Waals surface area (Å²) in [6, 6.07) is 28.7. The average Bonchev–Trinajstić information content (AvgIpc) is 3.28. The number of aliphatic hydroxyl groups excluding tert-OH is 1. The van der Waals surface area contributed by atoms with Crippen molar-refractivity contribution in [1.82, 2.24) is 25.8 Å². The molecule has 4 aromatic rings. The standard InChI is InChI=1S/C48H62N6O8S/c1-35(38-19-10-6-11-20-38)50-47(58)39-30-40(32-41(31-39)52(2)63(4,60)61)48(59)51-43(29-36-16-8-5-9-17-36)44(55)34-54(33-37-18-14-21-42(28-37)62-3)46(57)23-15-22-45(56)49-24-27-53-25-12-7-13-26-53/h5-6,8-11,14,16-21,28,30-32,35,43-44,55H,7,12-13,15,22-27,29,33-34H2,1-4H3,(H,49,56)(H,50,58)(H,51,59). The van der Waals surface area contributed by atoms with Gasteiger partial charge in [-0.1, -0.05) is 79.2 Å². The topological polar surface area (TPSA) is 178 Å². The third-order valence-electron chi connectivity index (χ3n) is 11.3. The minimum Gasteiger partial charge on any atom is -0.497 e. The van der Waals surface area contributed by atoms with Crippen LogP contribution in [0.1, 0.15) is 88.9 Å². The number of methoxy groups -OCH3 is 1. The maximum Gasteiger partial charge on any atom is 0.251 e. The number of hydrogen-bond acceptors (Lipinski definition) is 9. The van der Waals surface area contributed by atoms with E-state index in [1.54, 1.807) is 19.2 Å². The van der Waals surface area contributed by atoms with Crippen molar-refractivity contribution in [3.05, 3.63) is 131 Å². The minimum absolute atomic E-state index is 0.00991. The number of ether oxygens (including phenoxy) is 1. The van der Waals surface area contributed by atoms with Gasteiger partial charge in [-0.15, -0.1) is 0 Å². The molecule has 15 heteroatoms. The second-order valence-corrected chi connectivity index (χ2v) is 18.2.